The molecule has 4 rings (SSSR count). The van der Waals surface area contributed by atoms with E-state index >= 15 is 0 Å². The molecular weight excluding hydrogens is 322 g/mol. The molecule has 126 valence electrons. The summed E-state index contributed by atoms with van der Waals surface area (Å²) in [7, 11) is 1.92. The topological polar surface area (TPSA) is 56.1 Å². The van der Waals surface area contributed by atoms with Crippen LogP contribution in [0.25, 0.3) is 11.0 Å². The van der Waals surface area contributed by atoms with E-state index in [2.05, 4.69) is 32.5 Å². The molecule has 0 aromatic carbocycles. The number of hydrogen-bond donors (Lipinski definition) is 0. The highest BCUT2D eigenvalue weighted by Gasteiger charge is 2.23. The summed E-state index contributed by atoms with van der Waals surface area (Å²) in [4.78, 5) is 12.9. The standard InChI is InChI=1S/C17H21N5OS/c1-12-19-16-15(9-18-21(16)2)17(20-12)22(10-13-5-3-7-23-13)11-14-6-4-8-24-14/h4,6,8-9,13H,3,5,7,10-11H2,1-2H3/t13-/m1/s1. The molecule has 0 saturated carbocycles. The van der Waals surface area contributed by atoms with Crippen LogP contribution >= 0.6 is 11.3 Å². The number of hydrogen-bond acceptors (Lipinski definition) is 6. The second-order valence-electron chi connectivity index (χ2n) is 6.19. The average molecular weight is 343 g/mol. The Hall–Kier alpha value is -1.99. The highest BCUT2D eigenvalue weighted by Crippen LogP contribution is 2.27. The van der Waals surface area contributed by atoms with Gasteiger partial charge in [-0.05, 0) is 31.2 Å². The number of anilines is 1. The van der Waals surface area contributed by atoms with Crippen molar-refractivity contribution in [3.05, 3.63) is 34.4 Å². The van der Waals surface area contributed by atoms with Crippen molar-refractivity contribution in [3.8, 4) is 0 Å². The summed E-state index contributed by atoms with van der Waals surface area (Å²) in [6.07, 6.45) is 4.39. The van der Waals surface area contributed by atoms with Gasteiger partial charge in [0.2, 0.25) is 0 Å². The minimum atomic E-state index is 0.270. The van der Waals surface area contributed by atoms with Gasteiger partial charge in [-0.3, -0.25) is 4.68 Å². The lowest BCUT2D eigenvalue weighted by atomic mass is 10.2. The van der Waals surface area contributed by atoms with E-state index in [9.17, 15) is 0 Å². The maximum Gasteiger partial charge on any atom is 0.163 e. The van der Waals surface area contributed by atoms with Crippen molar-refractivity contribution in [2.75, 3.05) is 18.1 Å². The van der Waals surface area contributed by atoms with Crippen molar-refractivity contribution in [1.29, 1.82) is 0 Å². The third-order valence-electron chi connectivity index (χ3n) is 4.36. The summed E-state index contributed by atoms with van der Waals surface area (Å²) in [6, 6.07) is 4.26. The molecular formula is C17H21N5OS. The molecule has 7 heteroatoms. The lowest BCUT2D eigenvalue weighted by Gasteiger charge is -2.26. The molecule has 1 atom stereocenters. The van der Waals surface area contributed by atoms with Crippen LogP contribution in [0, 0.1) is 6.92 Å². The van der Waals surface area contributed by atoms with Gasteiger partial charge in [-0.15, -0.1) is 11.3 Å². The summed E-state index contributed by atoms with van der Waals surface area (Å²) in [5, 5.41) is 7.48. The lowest BCUT2D eigenvalue weighted by Crippen LogP contribution is -2.32. The molecule has 3 aromatic rings. The zero-order chi connectivity index (χ0) is 16.5. The molecule has 1 aliphatic heterocycles. The maximum absolute atomic E-state index is 5.87. The lowest BCUT2D eigenvalue weighted by molar-refractivity contribution is 0.115. The quantitative estimate of drug-likeness (QED) is 0.713. The molecule has 0 bridgehead atoms. The van der Waals surface area contributed by atoms with Gasteiger partial charge in [0.15, 0.2) is 5.65 Å². The average Bonchev–Trinajstić information content (AvgIpc) is 3.30. The van der Waals surface area contributed by atoms with Gasteiger partial charge in [-0.2, -0.15) is 5.10 Å². The summed E-state index contributed by atoms with van der Waals surface area (Å²) in [5.41, 5.74) is 0.876. The zero-order valence-electron chi connectivity index (χ0n) is 14.0. The Morgan fingerprint density at radius 2 is 2.33 bits per heavy atom. The summed E-state index contributed by atoms with van der Waals surface area (Å²) >= 11 is 1.77. The van der Waals surface area contributed by atoms with E-state index in [4.69, 9.17) is 9.72 Å². The monoisotopic (exact) mass is 343 g/mol. The first-order valence-electron chi connectivity index (χ1n) is 8.26. The molecule has 0 aliphatic carbocycles. The molecule has 0 amide bonds. The van der Waals surface area contributed by atoms with Crippen molar-refractivity contribution in [1.82, 2.24) is 19.7 Å². The summed E-state index contributed by atoms with van der Waals surface area (Å²) in [6.45, 7) is 4.48. The number of fused-ring (bicyclic) bond motifs is 1. The molecule has 1 fully saturated rings. The first-order valence-corrected chi connectivity index (χ1v) is 9.14. The Kier molecular flexibility index (Phi) is 4.20. The first kappa shape index (κ1) is 15.5. The van der Waals surface area contributed by atoms with Crippen LogP contribution in [0.3, 0.4) is 0 Å². The van der Waals surface area contributed by atoms with Crippen LogP contribution in [0.15, 0.2) is 23.7 Å². The fourth-order valence-corrected chi connectivity index (χ4v) is 3.92. The molecule has 0 radical (unpaired) electrons. The van der Waals surface area contributed by atoms with Gasteiger partial charge >= 0.3 is 0 Å². The van der Waals surface area contributed by atoms with Crippen molar-refractivity contribution in [2.45, 2.75) is 32.4 Å². The van der Waals surface area contributed by atoms with E-state index in [-0.39, 0.29) is 6.10 Å². The van der Waals surface area contributed by atoms with Gasteiger partial charge in [0.1, 0.15) is 11.6 Å². The molecule has 3 aromatic heterocycles. The molecule has 1 saturated heterocycles. The van der Waals surface area contributed by atoms with Crippen LogP contribution < -0.4 is 4.90 Å². The van der Waals surface area contributed by atoms with Gasteiger partial charge in [0.05, 0.1) is 24.2 Å². The van der Waals surface area contributed by atoms with Crippen LogP contribution in [0.5, 0.6) is 0 Å². The molecule has 6 nitrogen and oxygen atoms in total. The number of rotatable bonds is 5. The number of ether oxygens (including phenoxy) is 1. The Balaban J connectivity index is 1.74. The first-order chi connectivity index (χ1) is 11.7. The summed E-state index contributed by atoms with van der Waals surface area (Å²) in [5.74, 6) is 1.72. The van der Waals surface area contributed by atoms with Gasteiger partial charge < -0.3 is 9.64 Å². The van der Waals surface area contributed by atoms with Crippen LogP contribution in [0.2, 0.25) is 0 Å². The second kappa shape index (κ2) is 6.49. The van der Waals surface area contributed by atoms with Crippen molar-refractivity contribution >= 4 is 28.2 Å². The van der Waals surface area contributed by atoms with Gasteiger partial charge in [0, 0.05) is 25.1 Å². The minimum Gasteiger partial charge on any atom is -0.376 e. The predicted octanol–water partition coefficient (Wildman–Crippen LogP) is 2.92. The Labute approximate surface area is 145 Å². The zero-order valence-corrected chi connectivity index (χ0v) is 14.8. The van der Waals surface area contributed by atoms with Gasteiger partial charge in [-0.1, -0.05) is 6.07 Å². The SMILES string of the molecule is Cc1nc(N(Cc2cccs2)C[C@H]2CCCO2)c2cnn(C)c2n1. The molecule has 4 heterocycles. The van der Waals surface area contributed by atoms with E-state index in [1.807, 2.05) is 24.9 Å². The van der Waals surface area contributed by atoms with E-state index < -0.39 is 0 Å². The smallest absolute Gasteiger partial charge is 0.163 e. The normalized spacial score (nSPS) is 17.7. The molecule has 24 heavy (non-hydrogen) atoms. The minimum absolute atomic E-state index is 0.270. The van der Waals surface area contributed by atoms with Crippen molar-refractivity contribution < 1.29 is 4.74 Å². The Morgan fingerprint density at radius 3 is 3.08 bits per heavy atom. The largest absolute Gasteiger partial charge is 0.376 e. The molecule has 1 aliphatic rings. The van der Waals surface area contributed by atoms with E-state index in [1.165, 1.54) is 4.88 Å². The summed E-state index contributed by atoms with van der Waals surface area (Å²) < 4.78 is 7.68. The third kappa shape index (κ3) is 3.01. The number of nitrogens with zero attached hydrogens (tertiary/aromatic N) is 5. The number of thiophene rings is 1. The van der Waals surface area contributed by atoms with Crippen molar-refractivity contribution in [3.63, 3.8) is 0 Å². The maximum atomic E-state index is 5.87. The van der Waals surface area contributed by atoms with Crippen LogP contribution in [-0.4, -0.2) is 39.0 Å². The van der Waals surface area contributed by atoms with Crippen LogP contribution in [0.4, 0.5) is 5.82 Å². The fourth-order valence-electron chi connectivity index (χ4n) is 3.20. The van der Waals surface area contributed by atoms with Crippen molar-refractivity contribution in [2.24, 2.45) is 7.05 Å². The van der Waals surface area contributed by atoms with Crippen LogP contribution in [0.1, 0.15) is 23.5 Å². The van der Waals surface area contributed by atoms with E-state index in [0.717, 1.165) is 55.2 Å². The third-order valence-corrected chi connectivity index (χ3v) is 5.22. The molecule has 0 spiro atoms. The van der Waals surface area contributed by atoms with Gasteiger partial charge in [0.25, 0.3) is 0 Å². The second-order valence-corrected chi connectivity index (χ2v) is 7.23. The predicted molar refractivity (Wildman–Crippen MR) is 95.4 cm³/mol. The van der Waals surface area contributed by atoms with E-state index in [1.54, 1.807) is 11.3 Å². The molecule has 0 N–H and O–H groups in total. The van der Waals surface area contributed by atoms with Crippen LogP contribution in [-0.2, 0) is 18.3 Å². The fraction of sp³-hybridized carbons (Fsp3) is 0.471. The highest BCUT2D eigenvalue weighted by atomic mass is 32.1. The highest BCUT2D eigenvalue weighted by molar-refractivity contribution is 7.09. The van der Waals surface area contributed by atoms with E-state index in [0.29, 0.717) is 0 Å². The Morgan fingerprint density at radius 1 is 1.42 bits per heavy atom. The Bertz CT molecular complexity index is 823. The number of aromatic nitrogens is 4. The molecule has 0 unspecified atom stereocenters. The number of aryl methyl sites for hydroxylation is 2. The van der Waals surface area contributed by atoms with Gasteiger partial charge in [-0.25, -0.2) is 9.97 Å².